The number of rotatable bonds is 0. The average molecular weight is 282 g/mol. The minimum absolute atomic E-state index is 0.352. The van der Waals surface area contributed by atoms with Crippen molar-refractivity contribution in [3.63, 3.8) is 0 Å². The maximum Gasteiger partial charge on any atom is 0.0868 e. The minimum atomic E-state index is 0.352. The molecule has 0 aliphatic heterocycles. The molecule has 2 heteroatoms. The molecule has 2 aliphatic carbocycles. The van der Waals surface area contributed by atoms with E-state index in [0.29, 0.717) is 3.23 Å². The second-order valence-electron chi connectivity index (χ2n) is 3.88. The van der Waals surface area contributed by atoms with Crippen LogP contribution < -0.4 is 0 Å². The highest BCUT2D eigenvalue weighted by atomic mass is 79.9. The lowest BCUT2D eigenvalue weighted by molar-refractivity contribution is 0.485. The third-order valence-electron chi connectivity index (χ3n) is 3.15. The molecule has 2 saturated carbocycles. The fourth-order valence-corrected chi connectivity index (χ4v) is 4.26. The van der Waals surface area contributed by atoms with Crippen LogP contribution in [0.3, 0.4) is 0 Å². The van der Waals surface area contributed by atoms with Crippen molar-refractivity contribution < 1.29 is 0 Å². The van der Waals surface area contributed by atoms with Gasteiger partial charge >= 0.3 is 0 Å². The molecule has 0 amide bonds. The predicted molar refractivity (Wildman–Crippen MR) is 55.3 cm³/mol. The van der Waals surface area contributed by atoms with Crippen molar-refractivity contribution >= 4 is 31.9 Å². The van der Waals surface area contributed by atoms with Gasteiger partial charge in [0.1, 0.15) is 0 Å². The van der Waals surface area contributed by atoms with E-state index in [1.807, 2.05) is 0 Å². The summed E-state index contributed by atoms with van der Waals surface area (Å²) < 4.78 is 0.352. The maximum atomic E-state index is 3.77. The van der Waals surface area contributed by atoms with Crippen LogP contribution in [0.15, 0.2) is 0 Å². The monoisotopic (exact) mass is 280 g/mol. The lowest BCUT2D eigenvalue weighted by Crippen LogP contribution is -1.90. The van der Waals surface area contributed by atoms with Crippen LogP contribution in [0.5, 0.6) is 0 Å². The largest absolute Gasteiger partial charge is 0.0868 e. The summed E-state index contributed by atoms with van der Waals surface area (Å²) in [6, 6.07) is 0. The van der Waals surface area contributed by atoms with Crippen LogP contribution in [-0.4, -0.2) is 3.23 Å². The highest BCUT2D eigenvalue weighted by molar-refractivity contribution is 9.25. The van der Waals surface area contributed by atoms with Gasteiger partial charge in [0, 0.05) is 0 Å². The molecule has 64 valence electrons. The van der Waals surface area contributed by atoms with Gasteiger partial charge in [-0.25, -0.2) is 0 Å². The summed E-state index contributed by atoms with van der Waals surface area (Å²) in [7, 11) is 0. The van der Waals surface area contributed by atoms with Crippen LogP contribution in [0, 0.1) is 11.8 Å². The number of halogens is 2. The Bertz CT molecular complexity index is 138. The van der Waals surface area contributed by atoms with Crippen LogP contribution in [0.1, 0.15) is 38.5 Å². The molecule has 2 atom stereocenters. The van der Waals surface area contributed by atoms with Gasteiger partial charge < -0.3 is 0 Å². The van der Waals surface area contributed by atoms with E-state index in [2.05, 4.69) is 31.9 Å². The van der Waals surface area contributed by atoms with E-state index >= 15 is 0 Å². The zero-order valence-corrected chi connectivity index (χ0v) is 9.83. The van der Waals surface area contributed by atoms with Gasteiger partial charge in [0.05, 0.1) is 3.23 Å². The van der Waals surface area contributed by atoms with Gasteiger partial charge in [-0.15, -0.1) is 0 Å². The van der Waals surface area contributed by atoms with E-state index in [1.165, 1.54) is 38.5 Å². The third kappa shape index (κ3) is 1.53. The Balaban J connectivity index is 1.95. The zero-order valence-electron chi connectivity index (χ0n) is 6.65. The van der Waals surface area contributed by atoms with E-state index in [0.717, 1.165) is 11.8 Å². The molecule has 0 radical (unpaired) electrons. The molecular weight excluding hydrogens is 268 g/mol. The molecule has 0 saturated heterocycles. The van der Waals surface area contributed by atoms with Gasteiger partial charge in [0.25, 0.3) is 0 Å². The van der Waals surface area contributed by atoms with E-state index in [1.54, 1.807) is 0 Å². The molecule has 0 spiro atoms. The number of hydrogen-bond acceptors (Lipinski definition) is 0. The van der Waals surface area contributed by atoms with Crippen LogP contribution in [0.2, 0.25) is 0 Å². The molecule has 0 aromatic rings. The molecule has 2 rings (SSSR count). The normalized spacial score (nSPS) is 42.0. The van der Waals surface area contributed by atoms with Gasteiger partial charge in [0.15, 0.2) is 0 Å². The summed E-state index contributed by atoms with van der Waals surface area (Å²) in [5, 5.41) is 0. The molecule has 0 N–H and O–H groups in total. The standard InChI is InChI=1S/C9H14Br2/c10-9(11)7-5-3-1-2-4-6-8(7)9/h7-8H,1-6H2/t7-,8+. The van der Waals surface area contributed by atoms with Crippen molar-refractivity contribution in [2.45, 2.75) is 41.8 Å². The Hall–Kier alpha value is 0.960. The van der Waals surface area contributed by atoms with Crippen LogP contribution in [0.25, 0.3) is 0 Å². The SMILES string of the molecule is BrC1(Br)[C@@H]2CCCCCC[C@@H]21. The van der Waals surface area contributed by atoms with Gasteiger partial charge in [-0.1, -0.05) is 57.5 Å². The number of hydrogen-bond donors (Lipinski definition) is 0. The molecule has 11 heavy (non-hydrogen) atoms. The smallest absolute Gasteiger partial charge is 0.0721 e. The molecule has 2 fully saturated rings. The van der Waals surface area contributed by atoms with Gasteiger partial charge in [-0.2, -0.15) is 0 Å². The van der Waals surface area contributed by atoms with Crippen LogP contribution in [0.4, 0.5) is 0 Å². The van der Waals surface area contributed by atoms with E-state index < -0.39 is 0 Å². The highest BCUT2D eigenvalue weighted by Gasteiger charge is 2.60. The van der Waals surface area contributed by atoms with Crippen molar-refractivity contribution in [2.75, 3.05) is 0 Å². The summed E-state index contributed by atoms with van der Waals surface area (Å²) in [5.41, 5.74) is 0. The maximum absolute atomic E-state index is 3.77. The van der Waals surface area contributed by atoms with Crippen molar-refractivity contribution in [2.24, 2.45) is 11.8 Å². The van der Waals surface area contributed by atoms with E-state index in [-0.39, 0.29) is 0 Å². The Morgan fingerprint density at radius 2 is 1.27 bits per heavy atom. The average Bonchev–Trinajstić information content (AvgIpc) is 2.29. The fourth-order valence-electron chi connectivity index (χ4n) is 2.33. The summed E-state index contributed by atoms with van der Waals surface area (Å²) in [5.74, 6) is 1.87. The Morgan fingerprint density at radius 3 is 1.73 bits per heavy atom. The van der Waals surface area contributed by atoms with Crippen molar-refractivity contribution in [3.05, 3.63) is 0 Å². The molecule has 0 bridgehead atoms. The molecular formula is C9H14Br2. The summed E-state index contributed by atoms with van der Waals surface area (Å²) in [4.78, 5) is 0. The first kappa shape index (κ1) is 8.55. The molecule has 0 aromatic heterocycles. The molecule has 0 nitrogen and oxygen atoms in total. The van der Waals surface area contributed by atoms with Crippen molar-refractivity contribution in [3.8, 4) is 0 Å². The Morgan fingerprint density at radius 1 is 0.818 bits per heavy atom. The first-order valence-electron chi connectivity index (χ1n) is 4.61. The zero-order chi connectivity index (χ0) is 7.90. The Labute approximate surface area is 85.4 Å². The highest BCUT2D eigenvalue weighted by Crippen LogP contribution is 2.66. The lowest BCUT2D eigenvalue weighted by atomic mass is 10.0. The third-order valence-corrected chi connectivity index (χ3v) is 5.50. The predicted octanol–water partition coefficient (Wildman–Crippen LogP) is 4.07. The lowest BCUT2D eigenvalue weighted by Gasteiger charge is -2.04. The van der Waals surface area contributed by atoms with Crippen LogP contribution >= 0.6 is 31.9 Å². The van der Waals surface area contributed by atoms with Gasteiger partial charge in [-0.3, -0.25) is 0 Å². The molecule has 0 aromatic carbocycles. The number of alkyl halides is 2. The first-order chi connectivity index (χ1) is 5.23. The molecule has 0 unspecified atom stereocenters. The first-order valence-corrected chi connectivity index (χ1v) is 6.19. The second-order valence-corrected chi connectivity index (χ2v) is 7.57. The van der Waals surface area contributed by atoms with Crippen LogP contribution in [-0.2, 0) is 0 Å². The quantitative estimate of drug-likeness (QED) is 0.587. The van der Waals surface area contributed by atoms with E-state index in [4.69, 9.17) is 0 Å². The summed E-state index contributed by atoms with van der Waals surface area (Å²) in [6.07, 6.45) is 8.67. The fraction of sp³-hybridized carbons (Fsp3) is 1.00. The van der Waals surface area contributed by atoms with Gasteiger partial charge in [-0.05, 0) is 24.7 Å². The van der Waals surface area contributed by atoms with Gasteiger partial charge in [0.2, 0.25) is 0 Å². The van der Waals surface area contributed by atoms with Crippen molar-refractivity contribution in [1.29, 1.82) is 0 Å². The Kier molecular flexibility index (Phi) is 2.35. The summed E-state index contributed by atoms with van der Waals surface area (Å²) >= 11 is 7.53. The minimum Gasteiger partial charge on any atom is -0.0721 e. The van der Waals surface area contributed by atoms with Crippen molar-refractivity contribution in [1.82, 2.24) is 0 Å². The molecule has 2 aliphatic rings. The van der Waals surface area contributed by atoms with E-state index in [9.17, 15) is 0 Å². The topological polar surface area (TPSA) is 0 Å². The molecule has 0 heterocycles. The summed E-state index contributed by atoms with van der Waals surface area (Å²) in [6.45, 7) is 0. The second kappa shape index (κ2) is 3.02. The number of fused-ring (bicyclic) bond motifs is 1.